The Morgan fingerprint density at radius 3 is 2.11 bits per heavy atom. The van der Waals surface area contributed by atoms with Crippen molar-refractivity contribution in [3.63, 3.8) is 0 Å². The van der Waals surface area contributed by atoms with Gasteiger partial charge in [-0.15, -0.1) is 0 Å². The van der Waals surface area contributed by atoms with Crippen LogP contribution in [0.5, 0.6) is 0 Å². The molecule has 0 aromatic heterocycles. The minimum Gasteiger partial charge on any atom is -0.365 e. The van der Waals surface area contributed by atoms with E-state index in [1.54, 1.807) is 6.92 Å². The van der Waals surface area contributed by atoms with E-state index in [2.05, 4.69) is 4.74 Å². The third-order valence-corrected chi connectivity index (χ3v) is 1.16. The molecule has 0 unspecified atom stereocenters. The van der Waals surface area contributed by atoms with Crippen molar-refractivity contribution in [3.8, 4) is 0 Å². The molecule has 0 aliphatic rings. The van der Waals surface area contributed by atoms with Crippen LogP contribution in [0, 0.1) is 0 Å². The van der Waals surface area contributed by atoms with Gasteiger partial charge in [-0.25, -0.2) is 0 Å². The fourth-order valence-electron chi connectivity index (χ4n) is 0.252. The Morgan fingerprint density at radius 2 is 2.00 bits per heavy atom. The monoisotopic (exact) mass is 192 g/mol. The molecule has 0 saturated carbocycles. The van der Waals surface area contributed by atoms with Crippen molar-refractivity contribution in [3.05, 3.63) is 0 Å². The van der Waals surface area contributed by atoms with Crippen LogP contribution in [-0.2, 0) is 4.74 Å². The molecule has 5 heteroatoms. The second-order valence-corrected chi connectivity index (χ2v) is 3.72. The quantitative estimate of drug-likeness (QED) is 0.534. The van der Waals surface area contributed by atoms with Crippen molar-refractivity contribution >= 4 is 34.8 Å². The number of ether oxygens (including phenoxy) is 1. The first-order valence-electron chi connectivity index (χ1n) is 2.35. The molecule has 0 heterocycles. The molecular weight excluding hydrogens is 186 g/mol. The number of hydrogen-bond acceptors (Lipinski definition) is 2. The van der Waals surface area contributed by atoms with Crippen LogP contribution in [0.25, 0.3) is 0 Å². The molecule has 0 aromatic rings. The standard InChI is InChI=1S/C4H7Cl3O2/c1-2-9-3(8)4(5,6)7/h3,8H,2H2,1H3/t3-/m1/s1. The summed E-state index contributed by atoms with van der Waals surface area (Å²) in [5.41, 5.74) is 0. The maximum Gasteiger partial charge on any atom is 0.240 e. The molecular formula is C4H7Cl3O2. The van der Waals surface area contributed by atoms with Gasteiger partial charge in [0.1, 0.15) is 0 Å². The maximum atomic E-state index is 8.77. The van der Waals surface area contributed by atoms with Crippen LogP contribution in [0.15, 0.2) is 0 Å². The zero-order valence-corrected chi connectivity index (χ0v) is 7.04. The Balaban J connectivity index is 3.59. The van der Waals surface area contributed by atoms with Crippen LogP contribution in [-0.4, -0.2) is 21.8 Å². The van der Waals surface area contributed by atoms with E-state index < -0.39 is 10.1 Å². The average molecular weight is 193 g/mol. The molecule has 9 heavy (non-hydrogen) atoms. The summed E-state index contributed by atoms with van der Waals surface area (Å²) in [4.78, 5) is 0. The molecule has 0 spiro atoms. The Labute approximate surface area is 68.7 Å². The molecule has 1 atom stereocenters. The second kappa shape index (κ2) is 3.84. The minimum absolute atomic E-state index is 0.315. The molecule has 56 valence electrons. The molecule has 1 N–H and O–H groups in total. The maximum absolute atomic E-state index is 8.77. The summed E-state index contributed by atoms with van der Waals surface area (Å²) in [5.74, 6) is 0. The lowest BCUT2D eigenvalue weighted by Gasteiger charge is -2.17. The molecule has 0 radical (unpaired) electrons. The topological polar surface area (TPSA) is 29.5 Å². The summed E-state index contributed by atoms with van der Waals surface area (Å²) in [5, 5.41) is 8.77. The SMILES string of the molecule is CCO[C@@H](O)C(Cl)(Cl)Cl. The normalized spacial score (nSPS) is 15.7. The first kappa shape index (κ1) is 9.79. The summed E-state index contributed by atoms with van der Waals surface area (Å²) in [7, 11) is 0. The summed E-state index contributed by atoms with van der Waals surface area (Å²) >= 11 is 15.7. The fourth-order valence-corrected chi connectivity index (χ4v) is 0.441. The van der Waals surface area contributed by atoms with E-state index >= 15 is 0 Å². The second-order valence-electron chi connectivity index (χ2n) is 1.35. The molecule has 0 rings (SSSR count). The van der Waals surface area contributed by atoms with Crippen molar-refractivity contribution in [1.29, 1.82) is 0 Å². The van der Waals surface area contributed by atoms with Gasteiger partial charge < -0.3 is 9.84 Å². The van der Waals surface area contributed by atoms with Crippen molar-refractivity contribution < 1.29 is 9.84 Å². The molecule has 0 bridgehead atoms. The Kier molecular flexibility index (Phi) is 4.17. The highest BCUT2D eigenvalue weighted by molar-refractivity contribution is 6.67. The van der Waals surface area contributed by atoms with Gasteiger partial charge in [-0.05, 0) is 6.92 Å². The van der Waals surface area contributed by atoms with Gasteiger partial charge in [-0.1, -0.05) is 34.8 Å². The number of halogens is 3. The van der Waals surface area contributed by atoms with Crippen molar-refractivity contribution in [2.24, 2.45) is 0 Å². The van der Waals surface area contributed by atoms with Crippen LogP contribution in [0.1, 0.15) is 6.92 Å². The summed E-state index contributed by atoms with van der Waals surface area (Å²) in [6.07, 6.45) is -1.34. The van der Waals surface area contributed by atoms with E-state index in [0.29, 0.717) is 6.61 Å². The first-order chi connectivity index (χ1) is 3.98. The molecule has 0 fully saturated rings. The van der Waals surface area contributed by atoms with Crippen molar-refractivity contribution in [2.45, 2.75) is 17.0 Å². The lowest BCUT2D eigenvalue weighted by molar-refractivity contribution is -0.0905. The van der Waals surface area contributed by atoms with Crippen LogP contribution >= 0.6 is 34.8 Å². The van der Waals surface area contributed by atoms with Crippen LogP contribution in [0.3, 0.4) is 0 Å². The summed E-state index contributed by atoms with van der Waals surface area (Å²) < 4.78 is 2.83. The van der Waals surface area contributed by atoms with Crippen molar-refractivity contribution in [2.75, 3.05) is 6.61 Å². The highest BCUT2D eigenvalue weighted by atomic mass is 35.6. The zero-order valence-electron chi connectivity index (χ0n) is 4.77. The number of alkyl halides is 3. The van der Waals surface area contributed by atoms with E-state index in [0.717, 1.165) is 0 Å². The lowest BCUT2D eigenvalue weighted by Crippen LogP contribution is -2.27. The number of hydrogen-bond donors (Lipinski definition) is 1. The Bertz CT molecular complexity index is 80.4. The van der Waals surface area contributed by atoms with Gasteiger partial charge >= 0.3 is 0 Å². The predicted octanol–water partition coefficient (Wildman–Crippen LogP) is 1.71. The van der Waals surface area contributed by atoms with Crippen LogP contribution in [0.2, 0.25) is 0 Å². The minimum atomic E-state index is -1.74. The smallest absolute Gasteiger partial charge is 0.240 e. The fraction of sp³-hybridized carbons (Fsp3) is 1.00. The Hall–Kier alpha value is 0.790. The summed E-state index contributed by atoms with van der Waals surface area (Å²) in [6.45, 7) is 2.01. The lowest BCUT2D eigenvalue weighted by atomic mass is 10.7. The van der Waals surface area contributed by atoms with Gasteiger partial charge in [0.05, 0.1) is 0 Å². The number of aliphatic hydroxyl groups excluding tert-OH is 1. The van der Waals surface area contributed by atoms with Gasteiger partial charge in [0.15, 0.2) is 0 Å². The summed E-state index contributed by atoms with van der Waals surface area (Å²) in [6, 6.07) is 0. The molecule has 0 aliphatic carbocycles. The Morgan fingerprint density at radius 1 is 1.56 bits per heavy atom. The molecule has 2 nitrogen and oxygen atoms in total. The van der Waals surface area contributed by atoms with E-state index in [-0.39, 0.29) is 0 Å². The molecule has 0 aromatic carbocycles. The third-order valence-electron chi connectivity index (χ3n) is 0.605. The third kappa shape index (κ3) is 4.23. The number of aliphatic hydroxyl groups is 1. The molecule has 0 saturated heterocycles. The predicted molar refractivity (Wildman–Crippen MR) is 37.9 cm³/mol. The molecule has 0 amide bonds. The average Bonchev–Trinajstić information content (AvgIpc) is 1.64. The molecule has 0 aliphatic heterocycles. The highest BCUT2D eigenvalue weighted by Crippen LogP contribution is 2.30. The van der Waals surface area contributed by atoms with E-state index in [1.807, 2.05) is 0 Å². The van der Waals surface area contributed by atoms with Gasteiger partial charge in [-0.2, -0.15) is 0 Å². The zero-order chi connectivity index (χ0) is 7.49. The first-order valence-corrected chi connectivity index (χ1v) is 3.48. The van der Waals surface area contributed by atoms with Gasteiger partial charge in [0.2, 0.25) is 10.1 Å². The van der Waals surface area contributed by atoms with E-state index in [4.69, 9.17) is 39.9 Å². The number of rotatable bonds is 2. The van der Waals surface area contributed by atoms with Gasteiger partial charge in [0, 0.05) is 6.61 Å². The highest BCUT2D eigenvalue weighted by Gasteiger charge is 2.31. The van der Waals surface area contributed by atoms with Gasteiger partial charge in [0.25, 0.3) is 0 Å². The van der Waals surface area contributed by atoms with Crippen LogP contribution in [0.4, 0.5) is 0 Å². The van der Waals surface area contributed by atoms with Crippen LogP contribution < -0.4 is 0 Å². The van der Waals surface area contributed by atoms with E-state index in [9.17, 15) is 0 Å². The largest absolute Gasteiger partial charge is 0.365 e. The van der Waals surface area contributed by atoms with Crippen molar-refractivity contribution in [1.82, 2.24) is 0 Å². The van der Waals surface area contributed by atoms with Gasteiger partial charge in [-0.3, -0.25) is 0 Å². The van der Waals surface area contributed by atoms with E-state index in [1.165, 1.54) is 0 Å².